The number of benzene rings is 2. The number of hydrogen-bond acceptors (Lipinski definition) is 6. The number of ether oxygens (including phenoxy) is 2. The van der Waals surface area contributed by atoms with E-state index in [-0.39, 0.29) is 5.48 Å². The van der Waals surface area contributed by atoms with E-state index in [9.17, 15) is 8.42 Å². The normalized spacial score (nSPS) is 17.4. The molecular weight excluding hydrogens is 392 g/mol. The fourth-order valence-corrected chi connectivity index (χ4v) is 8.43. The van der Waals surface area contributed by atoms with Crippen LogP contribution in [0.25, 0.3) is 10.8 Å². The molecule has 1 aliphatic rings. The summed E-state index contributed by atoms with van der Waals surface area (Å²) in [4.78, 5) is 0.935. The maximum Gasteiger partial charge on any atom is 0.409 e. The van der Waals surface area contributed by atoms with Crippen LogP contribution in [0.2, 0.25) is 0 Å². The molecule has 0 saturated carbocycles. The smallest absolute Gasteiger partial charge is 0.409 e. The summed E-state index contributed by atoms with van der Waals surface area (Å²) in [6.45, 7) is 0.951. The zero-order valence-electron chi connectivity index (χ0n) is 15.5. The highest BCUT2D eigenvalue weighted by Crippen LogP contribution is 2.64. The van der Waals surface area contributed by atoms with Gasteiger partial charge in [-0.1, -0.05) is 34.6 Å². The number of rotatable bonds is 8. The van der Waals surface area contributed by atoms with Crippen molar-refractivity contribution in [2.75, 3.05) is 38.9 Å². The highest BCUT2D eigenvalue weighted by Gasteiger charge is 2.38. The van der Waals surface area contributed by atoms with Gasteiger partial charge in [0.15, 0.2) is 0 Å². The van der Waals surface area contributed by atoms with Crippen LogP contribution in [-0.2, 0) is 22.9 Å². The van der Waals surface area contributed by atoms with Gasteiger partial charge in [0.1, 0.15) is 12.4 Å². The zero-order chi connectivity index (χ0) is 18.6. The third kappa shape index (κ3) is 4.74. The van der Waals surface area contributed by atoms with Crippen LogP contribution in [0.3, 0.4) is 0 Å². The molecule has 1 heterocycles. The van der Waals surface area contributed by atoms with Crippen molar-refractivity contribution in [2.24, 2.45) is 0 Å². The van der Waals surface area contributed by atoms with Gasteiger partial charge in [-0.05, 0) is 30.4 Å². The Labute approximate surface area is 161 Å². The van der Waals surface area contributed by atoms with E-state index in [1.165, 1.54) is 0 Å². The molecule has 0 aromatic heterocycles. The summed E-state index contributed by atoms with van der Waals surface area (Å²) in [5.74, 6) is 2.18. The van der Waals surface area contributed by atoms with E-state index >= 15 is 0 Å². The van der Waals surface area contributed by atoms with Crippen molar-refractivity contribution in [1.29, 1.82) is 0 Å². The molecule has 0 radical (unpaired) electrons. The monoisotopic (exact) mass is 418 g/mol. The maximum atomic E-state index is 12.0. The third-order valence-electron chi connectivity index (χ3n) is 4.41. The van der Waals surface area contributed by atoms with Crippen LogP contribution in [0.4, 0.5) is 0 Å². The predicted molar refractivity (Wildman–Crippen MR) is 107 cm³/mol. The highest BCUT2D eigenvalue weighted by molar-refractivity contribution is 8.33. The van der Waals surface area contributed by atoms with E-state index in [0.717, 1.165) is 41.4 Å². The molecule has 9 heteroatoms. The van der Waals surface area contributed by atoms with E-state index in [2.05, 4.69) is 4.18 Å². The van der Waals surface area contributed by atoms with Gasteiger partial charge in [-0.2, -0.15) is 12.0 Å². The quantitative estimate of drug-likeness (QED) is 0.611. The second kappa shape index (κ2) is 9.22. The Morgan fingerprint density at radius 2 is 1.63 bits per heavy atom. The topological polar surface area (TPSA) is 103 Å². The van der Waals surface area contributed by atoms with Crippen molar-refractivity contribution in [3.05, 3.63) is 36.4 Å². The first-order chi connectivity index (χ1) is 12.5. The van der Waals surface area contributed by atoms with Gasteiger partial charge in [0.25, 0.3) is 0 Å². The molecule has 2 aromatic rings. The van der Waals surface area contributed by atoms with Crippen LogP contribution in [0.1, 0.15) is 12.8 Å². The molecule has 2 aromatic carbocycles. The van der Waals surface area contributed by atoms with Crippen molar-refractivity contribution in [1.82, 2.24) is 0 Å². The molecule has 27 heavy (non-hydrogen) atoms. The lowest BCUT2D eigenvalue weighted by molar-refractivity contribution is 0.147. The van der Waals surface area contributed by atoms with Crippen molar-refractivity contribution >= 4 is 31.5 Å². The fourth-order valence-electron chi connectivity index (χ4n) is 3.21. The minimum Gasteiger partial charge on any atom is -0.491 e. The molecule has 2 N–H and O–H groups in total. The van der Waals surface area contributed by atoms with E-state index < -0.39 is 20.7 Å². The first-order valence-corrected chi connectivity index (χ1v) is 11.7. The molecule has 1 fully saturated rings. The lowest BCUT2D eigenvalue weighted by atomic mass is 10.1. The van der Waals surface area contributed by atoms with Crippen LogP contribution in [0, 0.1) is 0 Å². The summed E-state index contributed by atoms with van der Waals surface area (Å²) in [5.41, 5.74) is 0. The second-order valence-corrected chi connectivity index (χ2v) is 10.6. The second-order valence-electron chi connectivity index (χ2n) is 6.02. The lowest BCUT2D eigenvalue weighted by Gasteiger charge is -2.34. The molecule has 0 amide bonds. The SMILES string of the molecule is COCCOc1ccc(S2(OS(=O)(=O)OC)CCCC2)c2ccccc12.O. The summed E-state index contributed by atoms with van der Waals surface area (Å²) in [5, 5.41) is 1.91. The van der Waals surface area contributed by atoms with Crippen LogP contribution < -0.4 is 4.74 Å². The van der Waals surface area contributed by atoms with Crippen molar-refractivity contribution in [3.8, 4) is 5.75 Å². The number of methoxy groups -OCH3 is 1. The molecule has 1 aliphatic heterocycles. The van der Waals surface area contributed by atoms with Gasteiger partial charge >= 0.3 is 10.4 Å². The molecule has 152 valence electrons. The van der Waals surface area contributed by atoms with Gasteiger partial charge in [-0.3, -0.25) is 4.18 Å². The predicted octanol–water partition coefficient (Wildman–Crippen LogP) is 2.82. The molecule has 0 atom stereocenters. The van der Waals surface area contributed by atoms with Crippen molar-refractivity contribution < 1.29 is 31.2 Å². The highest BCUT2D eigenvalue weighted by atomic mass is 32.3. The summed E-state index contributed by atoms with van der Waals surface area (Å²) in [6.07, 6.45) is 1.88. The van der Waals surface area contributed by atoms with Gasteiger partial charge < -0.3 is 14.9 Å². The minimum atomic E-state index is -4.02. The van der Waals surface area contributed by atoms with Crippen LogP contribution >= 0.6 is 10.3 Å². The first-order valence-electron chi connectivity index (χ1n) is 8.45. The number of hydrogen-bond donors (Lipinski definition) is 0. The van der Waals surface area contributed by atoms with Gasteiger partial charge in [-0.25, -0.2) is 0 Å². The Bertz CT molecular complexity index is 861. The molecular formula is C18H26O7S2. The van der Waals surface area contributed by atoms with Gasteiger partial charge in [0.2, 0.25) is 0 Å². The Kier molecular flexibility index (Phi) is 7.49. The first kappa shape index (κ1) is 21.9. The Morgan fingerprint density at radius 3 is 2.26 bits per heavy atom. The third-order valence-corrected chi connectivity index (χ3v) is 9.58. The van der Waals surface area contributed by atoms with E-state index in [4.69, 9.17) is 13.1 Å². The summed E-state index contributed by atoms with van der Waals surface area (Å²) >= 11 is 0. The van der Waals surface area contributed by atoms with Crippen LogP contribution in [-0.4, -0.2) is 52.8 Å². The lowest BCUT2D eigenvalue weighted by Crippen LogP contribution is -2.15. The summed E-state index contributed by atoms with van der Waals surface area (Å²) < 4.78 is 45.2. The Morgan fingerprint density at radius 1 is 0.963 bits per heavy atom. The van der Waals surface area contributed by atoms with Crippen molar-refractivity contribution in [3.63, 3.8) is 0 Å². The molecule has 7 nitrogen and oxygen atoms in total. The largest absolute Gasteiger partial charge is 0.491 e. The zero-order valence-corrected chi connectivity index (χ0v) is 17.1. The molecule has 0 aliphatic carbocycles. The van der Waals surface area contributed by atoms with Gasteiger partial charge in [0, 0.05) is 28.9 Å². The van der Waals surface area contributed by atoms with E-state index in [0.29, 0.717) is 24.7 Å². The van der Waals surface area contributed by atoms with Crippen LogP contribution in [0.5, 0.6) is 5.75 Å². The van der Waals surface area contributed by atoms with Crippen molar-refractivity contribution in [2.45, 2.75) is 17.7 Å². The molecule has 3 rings (SSSR count). The molecule has 1 saturated heterocycles. The standard InChI is InChI=1S/C18H24O6S2.H2O/c1-21-11-12-23-17-9-10-18(16-8-4-3-7-15(16)17)25(13-5-6-14-25)24-26(19,20)22-2;/h3-4,7-10H,5-6,11-14H2,1-2H3;1H2. The van der Waals surface area contributed by atoms with E-state index in [1.54, 1.807) is 7.11 Å². The van der Waals surface area contributed by atoms with Gasteiger partial charge in [0.05, 0.1) is 13.7 Å². The molecule has 0 unspecified atom stereocenters. The van der Waals surface area contributed by atoms with Crippen LogP contribution in [0.15, 0.2) is 41.3 Å². The Balaban J connectivity index is 0.00000261. The fraction of sp³-hybridized carbons (Fsp3) is 0.444. The molecule has 0 spiro atoms. The molecule has 0 bridgehead atoms. The average Bonchev–Trinajstić information content (AvgIpc) is 3.10. The van der Waals surface area contributed by atoms with E-state index in [1.807, 2.05) is 36.4 Å². The Hall–Kier alpha value is -1.36. The summed E-state index contributed by atoms with van der Waals surface area (Å²) in [7, 11) is -3.23. The maximum absolute atomic E-state index is 12.0. The summed E-state index contributed by atoms with van der Waals surface area (Å²) in [6, 6.07) is 11.7. The number of fused-ring (bicyclic) bond motifs is 1. The average molecular weight is 419 g/mol. The van der Waals surface area contributed by atoms with Gasteiger partial charge in [-0.15, -0.1) is 0 Å². The minimum absolute atomic E-state index is 0.